The molecule has 2 atom stereocenters. The zero-order chi connectivity index (χ0) is 17.1. The summed E-state index contributed by atoms with van der Waals surface area (Å²) < 4.78 is 22.6. The maximum absolute atomic E-state index is 10.2. The van der Waals surface area contributed by atoms with Gasteiger partial charge in [0.05, 0.1) is 5.41 Å². The van der Waals surface area contributed by atoms with Crippen LogP contribution in [-0.2, 0) is 18.9 Å². The lowest BCUT2D eigenvalue weighted by atomic mass is 9.64. The van der Waals surface area contributed by atoms with Gasteiger partial charge >= 0.3 is 0 Å². The van der Waals surface area contributed by atoms with E-state index in [4.69, 9.17) is 18.9 Å². The molecule has 0 bridgehead atoms. The van der Waals surface area contributed by atoms with E-state index in [2.05, 4.69) is 0 Å². The summed E-state index contributed by atoms with van der Waals surface area (Å²) in [7, 11) is 6.03. The molecule has 0 saturated carbocycles. The highest BCUT2D eigenvalue weighted by atomic mass is 16.7. The minimum atomic E-state index is -2.02. The molecule has 0 aliphatic heterocycles. The molecule has 21 heavy (non-hydrogen) atoms. The average molecular weight is 308 g/mol. The zero-order valence-electron chi connectivity index (χ0n) is 14.8. The number of ether oxygens (including phenoxy) is 4. The van der Waals surface area contributed by atoms with E-state index in [-0.39, 0.29) is 0 Å². The second-order valence-electron chi connectivity index (χ2n) is 6.09. The molecule has 0 aromatic heterocycles. The van der Waals surface area contributed by atoms with Crippen molar-refractivity contribution >= 4 is 0 Å². The zero-order valence-corrected chi connectivity index (χ0v) is 14.8. The van der Waals surface area contributed by atoms with Crippen molar-refractivity contribution in [3.05, 3.63) is 0 Å². The lowest BCUT2D eigenvalue weighted by Crippen LogP contribution is -2.73. The smallest absolute Gasteiger partial charge is 0.224 e. The van der Waals surface area contributed by atoms with Gasteiger partial charge in [0.25, 0.3) is 0 Å². The van der Waals surface area contributed by atoms with Gasteiger partial charge in [0.2, 0.25) is 5.79 Å². The van der Waals surface area contributed by atoms with Crippen LogP contribution in [0, 0.1) is 5.41 Å². The fourth-order valence-corrected chi connectivity index (χ4v) is 2.92. The highest BCUT2D eigenvalue weighted by Crippen LogP contribution is 2.51. The molecular weight excluding hydrogens is 276 g/mol. The maximum atomic E-state index is 10.2. The second kappa shape index (κ2) is 6.89. The van der Waals surface area contributed by atoms with Crippen LogP contribution in [0.1, 0.15) is 41.0 Å². The van der Waals surface area contributed by atoms with Crippen molar-refractivity contribution in [2.24, 2.45) is 5.41 Å². The molecular formula is C15H32O6. The fraction of sp³-hybridized carbons (Fsp3) is 1.00. The number of hydrogen-bond acceptors (Lipinski definition) is 6. The molecule has 0 fully saturated rings. The molecule has 0 aromatic rings. The SMILES string of the molecule is CCC(OC)C(OC)(OC)C(C)(OC)C(C)(C)C(C)(O)O. The molecule has 0 aromatic carbocycles. The van der Waals surface area contributed by atoms with Crippen molar-refractivity contribution in [1.82, 2.24) is 0 Å². The molecule has 2 N–H and O–H groups in total. The van der Waals surface area contributed by atoms with Gasteiger partial charge in [0.15, 0.2) is 5.79 Å². The number of aliphatic hydroxyl groups is 2. The molecule has 0 radical (unpaired) electrons. The first kappa shape index (κ1) is 20.8. The highest BCUT2D eigenvalue weighted by Gasteiger charge is 2.66. The van der Waals surface area contributed by atoms with Crippen LogP contribution in [-0.4, -0.2) is 61.9 Å². The number of rotatable bonds is 9. The molecule has 0 rings (SSSR count). The Balaban J connectivity index is 6.28. The van der Waals surface area contributed by atoms with Crippen LogP contribution in [0.15, 0.2) is 0 Å². The van der Waals surface area contributed by atoms with Gasteiger partial charge in [-0.3, -0.25) is 0 Å². The molecule has 6 heteroatoms. The largest absolute Gasteiger partial charge is 0.376 e. The van der Waals surface area contributed by atoms with Gasteiger partial charge in [-0.25, -0.2) is 0 Å². The third-order valence-electron chi connectivity index (χ3n) is 5.14. The molecule has 0 amide bonds. The monoisotopic (exact) mass is 308 g/mol. The van der Waals surface area contributed by atoms with Crippen molar-refractivity contribution in [2.75, 3.05) is 28.4 Å². The summed E-state index contributed by atoms with van der Waals surface area (Å²) in [4.78, 5) is 0. The summed E-state index contributed by atoms with van der Waals surface area (Å²) >= 11 is 0. The van der Waals surface area contributed by atoms with Crippen LogP contribution >= 0.6 is 0 Å². The summed E-state index contributed by atoms with van der Waals surface area (Å²) in [5.74, 6) is -3.34. The average Bonchev–Trinajstić information content (AvgIpc) is 2.42. The molecule has 0 saturated heterocycles. The van der Waals surface area contributed by atoms with Gasteiger partial charge in [0.1, 0.15) is 11.7 Å². The van der Waals surface area contributed by atoms with E-state index < -0.39 is 28.7 Å². The minimum absolute atomic E-state index is 0.459. The first-order valence-corrected chi connectivity index (χ1v) is 7.08. The third-order valence-corrected chi connectivity index (χ3v) is 5.14. The van der Waals surface area contributed by atoms with Gasteiger partial charge in [-0.2, -0.15) is 0 Å². The van der Waals surface area contributed by atoms with Crippen molar-refractivity contribution in [2.45, 2.75) is 64.3 Å². The van der Waals surface area contributed by atoms with Crippen LogP contribution in [0.2, 0.25) is 0 Å². The van der Waals surface area contributed by atoms with Crippen LogP contribution in [0.3, 0.4) is 0 Å². The molecule has 0 aliphatic carbocycles. The topological polar surface area (TPSA) is 77.4 Å². The Labute approximate surface area is 128 Å². The van der Waals surface area contributed by atoms with Crippen molar-refractivity contribution in [3.63, 3.8) is 0 Å². The normalized spacial score (nSPS) is 18.4. The molecule has 6 nitrogen and oxygen atoms in total. The summed E-state index contributed by atoms with van der Waals surface area (Å²) in [5.41, 5.74) is -2.34. The van der Waals surface area contributed by atoms with Gasteiger partial charge in [-0.05, 0) is 20.3 Å². The van der Waals surface area contributed by atoms with E-state index in [0.717, 1.165) is 0 Å². The molecule has 2 unspecified atom stereocenters. The van der Waals surface area contributed by atoms with Gasteiger partial charge in [-0.15, -0.1) is 0 Å². The Morgan fingerprint density at radius 3 is 1.48 bits per heavy atom. The third kappa shape index (κ3) is 2.98. The van der Waals surface area contributed by atoms with E-state index in [1.54, 1.807) is 27.9 Å². The van der Waals surface area contributed by atoms with Crippen LogP contribution in [0.4, 0.5) is 0 Å². The highest BCUT2D eigenvalue weighted by molar-refractivity contribution is 5.09. The Morgan fingerprint density at radius 2 is 1.29 bits per heavy atom. The predicted molar refractivity (Wildman–Crippen MR) is 79.9 cm³/mol. The van der Waals surface area contributed by atoms with E-state index >= 15 is 0 Å². The first-order valence-electron chi connectivity index (χ1n) is 7.08. The molecule has 0 heterocycles. The summed E-state index contributed by atoms with van der Waals surface area (Å²) in [5, 5.41) is 20.4. The lowest BCUT2D eigenvalue weighted by Gasteiger charge is -2.57. The van der Waals surface area contributed by atoms with Crippen LogP contribution < -0.4 is 0 Å². The van der Waals surface area contributed by atoms with Crippen molar-refractivity contribution in [1.29, 1.82) is 0 Å². The van der Waals surface area contributed by atoms with E-state index in [9.17, 15) is 10.2 Å². The van der Waals surface area contributed by atoms with E-state index in [1.165, 1.54) is 28.3 Å². The van der Waals surface area contributed by atoms with Gasteiger partial charge in [0, 0.05) is 28.4 Å². The van der Waals surface area contributed by atoms with E-state index in [0.29, 0.717) is 6.42 Å². The number of methoxy groups -OCH3 is 4. The minimum Gasteiger partial charge on any atom is -0.376 e. The Morgan fingerprint density at radius 1 is 0.857 bits per heavy atom. The standard InChI is InChI=1S/C15H32O6/c1-10-11(18-6)15(20-8,21-9)13(4,19-7)12(2,3)14(5,16)17/h11,16-17H,10H2,1-9H3. The fourth-order valence-electron chi connectivity index (χ4n) is 2.92. The van der Waals surface area contributed by atoms with Crippen molar-refractivity contribution < 1.29 is 29.2 Å². The van der Waals surface area contributed by atoms with Gasteiger partial charge < -0.3 is 29.2 Å². The summed E-state index contributed by atoms with van der Waals surface area (Å²) in [6.45, 7) is 8.35. The summed E-state index contributed by atoms with van der Waals surface area (Å²) in [6, 6.07) is 0. The van der Waals surface area contributed by atoms with Crippen LogP contribution in [0.25, 0.3) is 0 Å². The lowest BCUT2D eigenvalue weighted by molar-refractivity contribution is -0.396. The van der Waals surface area contributed by atoms with E-state index in [1.807, 2.05) is 6.92 Å². The van der Waals surface area contributed by atoms with Crippen LogP contribution in [0.5, 0.6) is 0 Å². The summed E-state index contributed by atoms with van der Waals surface area (Å²) in [6.07, 6.45) is 0.139. The Kier molecular flexibility index (Phi) is 6.82. The Bertz CT molecular complexity index is 315. The van der Waals surface area contributed by atoms with Gasteiger partial charge in [-0.1, -0.05) is 20.8 Å². The molecule has 128 valence electrons. The molecule has 0 spiro atoms. The second-order valence-corrected chi connectivity index (χ2v) is 6.09. The number of hydrogen-bond donors (Lipinski definition) is 2. The Hall–Kier alpha value is -0.240. The van der Waals surface area contributed by atoms with Crippen molar-refractivity contribution in [3.8, 4) is 0 Å². The maximum Gasteiger partial charge on any atom is 0.224 e. The predicted octanol–water partition coefficient (Wildman–Crippen LogP) is 1.53. The first-order chi connectivity index (χ1) is 9.45. The quantitative estimate of drug-likeness (QED) is 0.629. The molecule has 0 aliphatic rings.